The number of hydrogen-bond acceptors (Lipinski definition) is 2. The maximum atomic E-state index is 8.83. The molecular weight excluding hydrogens is 248 g/mol. The molecule has 0 aliphatic rings. The molecule has 1 N–H and O–H groups in total. The Morgan fingerprint density at radius 1 is 1.05 bits per heavy atom. The molecular formula is C17H14N2O. The van der Waals surface area contributed by atoms with E-state index in [1.807, 2.05) is 47.3 Å². The van der Waals surface area contributed by atoms with Gasteiger partial charge in [-0.3, -0.25) is 4.68 Å². The molecule has 0 fully saturated rings. The van der Waals surface area contributed by atoms with Crippen LogP contribution in [0.2, 0.25) is 0 Å². The average Bonchev–Trinajstić information content (AvgIpc) is 2.90. The molecule has 3 heteroatoms. The lowest BCUT2D eigenvalue weighted by atomic mass is 10.1. The smallest absolute Gasteiger partial charge is 0.104 e. The van der Waals surface area contributed by atoms with E-state index < -0.39 is 0 Å². The van der Waals surface area contributed by atoms with E-state index in [-0.39, 0.29) is 6.61 Å². The van der Waals surface area contributed by atoms with Gasteiger partial charge in [0.15, 0.2) is 0 Å². The van der Waals surface area contributed by atoms with Crippen LogP contribution in [-0.4, -0.2) is 21.5 Å². The number of hydrogen-bond donors (Lipinski definition) is 1. The maximum Gasteiger partial charge on any atom is 0.104 e. The first kappa shape index (κ1) is 12.5. The summed E-state index contributed by atoms with van der Waals surface area (Å²) in [7, 11) is 0. The van der Waals surface area contributed by atoms with Crippen molar-refractivity contribution in [2.75, 3.05) is 6.61 Å². The second-order valence-electron chi connectivity index (χ2n) is 4.48. The van der Waals surface area contributed by atoms with E-state index in [1.165, 1.54) is 0 Å². The van der Waals surface area contributed by atoms with Gasteiger partial charge in [0.05, 0.1) is 18.3 Å². The van der Waals surface area contributed by atoms with Gasteiger partial charge in [0.1, 0.15) is 6.61 Å². The Morgan fingerprint density at radius 3 is 2.75 bits per heavy atom. The molecule has 3 rings (SSSR count). The lowest BCUT2D eigenvalue weighted by molar-refractivity contribution is 0.350. The Balaban J connectivity index is 1.99. The summed E-state index contributed by atoms with van der Waals surface area (Å²) in [5.41, 5.74) is 3.14. The highest BCUT2D eigenvalue weighted by atomic mass is 16.2. The van der Waals surface area contributed by atoms with Crippen LogP contribution in [0, 0.1) is 11.8 Å². The van der Waals surface area contributed by atoms with E-state index in [1.54, 1.807) is 0 Å². The number of para-hydroxylation sites is 1. The van der Waals surface area contributed by atoms with Gasteiger partial charge < -0.3 is 5.11 Å². The molecule has 3 nitrogen and oxygen atoms in total. The van der Waals surface area contributed by atoms with Gasteiger partial charge in [-0.05, 0) is 17.7 Å². The van der Waals surface area contributed by atoms with Crippen LogP contribution in [0.25, 0.3) is 10.9 Å². The number of fused-ring (bicyclic) bond motifs is 1. The fourth-order valence-corrected chi connectivity index (χ4v) is 2.23. The van der Waals surface area contributed by atoms with Crippen molar-refractivity contribution in [3.05, 3.63) is 65.9 Å². The van der Waals surface area contributed by atoms with Gasteiger partial charge in [-0.1, -0.05) is 48.2 Å². The molecule has 0 saturated heterocycles. The molecule has 0 radical (unpaired) electrons. The van der Waals surface area contributed by atoms with E-state index in [0.717, 1.165) is 22.0 Å². The maximum absolute atomic E-state index is 8.83. The molecule has 0 saturated carbocycles. The first-order valence-electron chi connectivity index (χ1n) is 6.46. The van der Waals surface area contributed by atoms with Crippen LogP contribution in [0.15, 0.2) is 54.7 Å². The summed E-state index contributed by atoms with van der Waals surface area (Å²) < 4.78 is 1.97. The summed E-state index contributed by atoms with van der Waals surface area (Å²) in [6.45, 7) is 0.544. The molecule has 0 aliphatic carbocycles. The molecule has 0 atom stereocenters. The Hall–Kier alpha value is -2.57. The van der Waals surface area contributed by atoms with Crippen LogP contribution in [0.4, 0.5) is 0 Å². The summed E-state index contributed by atoms with van der Waals surface area (Å²) in [5.74, 6) is 5.68. The van der Waals surface area contributed by atoms with Gasteiger partial charge in [-0.15, -0.1) is 0 Å². The topological polar surface area (TPSA) is 38.0 Å². The Kier molecular flexibility index (Phi) is 3.49. The zero-order valence-corrected chi connectivity index (χ0v) is 11.0. The number of aliphatic hydroxyl groups is 1. The number of aromatic nitrogens is 2. The summed E-state index contributed by atoms with van der Waals surface area (Å²) in [6.07, 6.45) is 1.87. The van der Waals surface area contributed by atoms with E-state index in [2.05, 4.69) is 29.1 Å². The Labute approximate surface area is 117 Å². The van der Waals surface area contributed by atoms with E-state index in [4.69, 9.17) is 5.11 Å². The molecule has 98 valence electrons. The van der Waals surface area contributed by atoms with Crippen LogP contribution < -0.4 is 0 Å². The molecule has 0 amide bonds. The van der Waals surface area contributed by atoms with Gasteiger partial charge >= 0.3 is 0 Å². The lowest BCUT2D eigenvalue weighted by Crippen LogP contribution is -2.03. The van der Waals surface area contributed by atoms with Crippen molar-refractivity contribution in [3.63, 3.8) is 0 Å². The minimum Gasteiger partial charge on any atom is -0.384 e. The second kappa shape index (κ2) is 5.60. The largest absolute Gasteiger partial charge is 0.384 e. The van der Waals surface area contributed by atoms with Gasteiger partial charge in [0, 0.05) is 10.9 Å². The van der Waals surface area contributed by atoms with Crippen molar-refractivity contribution >= 4 is 10.9 Å². The summed E-state index contributed by atoms with van der Waals surface area (Å²) in [6, 6.07) is 16.1. The van der Waals surface area contributed by atoms with Gasteiger partial charge in [-0.25, -0.2) is 0 Å². The van der Waals surface area contributed by atoms with Crippen LogP contribution in [-0.2, 0) is 6.54 Å². The van der Waals surface area contributed by atoms with E-state index >= 15 is 0 Å². The zero-order chi connectivity index (χ0) is 13.8. The minimum absolute atomic E-state index is 0.126. The normalized spacial score (nSPS) is 10.2. The highest BCUT2D eigenvalue weighted by molar-refractivity contribution is 5.78. The van der Waals surface area contributed by atoms with Gasteiger partial charge in [-0.2, -0.15) is 5.10 Å². The standard InChI is InChI=1S/C17H14N2O/c20-11-5-9-14-6-1-2-8-16(14)13-19-17-10-4-3-7-15(17)12-18-19/h1-4,6-8,10,12,20H,11,13H2. The molecule has 2 aromatic carbocycles. The van der Waals surface area contributed by atoms with Crippen LogP contribution in [0.5, 0.6) is 0 Å². The molecule has 1 aromatic heterocycles. The van der Waals surface area contributed by atoms with Crippen molar-refractivity contribution in [1.29, 1.82) is 0 Å². The lowest BCUT2D eigenvalue weighted by Gasteiger charge is -2.06. The first-order valence-corrected chi connectivity index (χ1v) is 6.46. The van der Waals surface area contributed by atoms with Gasteiger partial charge in [0.2, 0.25) is 0 Å². The number of nitrogens with zero attached hydrogens (tertiary/aromatic N) is 2. The Bertz CT molecular complexity index is 793. The highest BCUT2D eigenvalue weighted by Crippen LogP contribution is 2.16. The highest BCUT2D eigenvalue weighted by Gasteiger charge is 2.05. The third kappa shape index (κ3) is 2.42. The second-order valence-corrected chi connectivity index (χ2v) is 4.48. The van der Waals surface area contributed by atoms with Crippen molar-refractivity contribution in [2.24, 2.45) is 0 Å². The Morgan fingerprint density at radius 2 is 1.85 bits per heavy atom. The molecule has 20 heavy (non-hydrogen) atoms. The SMILES string of the molecule is OCC#Cc1ccccc1Cn1ncc2ccccc21. The van der Waals surface area contributed by atoms with Crippen molar-refractivity contribution in [2.45, 2.75) is 6.54 Å². The minimum atomic E-state index is -0.126. The summed E-state index contributed by atoms with van der Waals surface area (Å²) in [5, 5.41) is 14.4. The predicted octanol–water partition coefficient (Wildman–Crippen LogP) is 2.43. The fraction of sp³-hybridized carbons (Fsp3) is 0.118. The average molecular weight is 262 g/mol. The quantitative estimate of drug-likeness (QED) is 0.720. The van der Waals surface area contributed by atoms with Gasteiger partial charge in [0.25, 0.3) is 0 Å². The molecule has 0 unspecified atom stereocenters. The molecule has 0 bridgehead atoms. The van der Waals surface area contributed by atoms with Crippen molar-refractivity contribution in [1.82, 2.24) is 9.78 Å². The molecule has 0 spiro atoms. The summed E-state index contributed by atoms with van der Waals surface area (Å²) in [4.78, 5) is 0. The van der Waals surface area contributed by atoms with Crippen molar-refractivity contribution in [3.8, 4) is 11.8 Å². The molecule has 0 aliphatic heterocycles. The fourth-order valence-electron chi connectivity index (χ4n) is 2.23. The monoisotopic (exact) mass is 262 g/mol. The van der Waals surface area contributed by atoms with Crippen LogP contribution in [0.1, 0.15) is 11.1 Å². The third-order valence-electron chi connectivity index (χ3n) is 3.19. The predicted molar refractivity (Wildman–Crippen MR) is 79.2 cm³/mol. The number of rotatable bonds is 2. The number of aliphatic hydroxyl groups excluding tert-OH is 1. The molecule has 3 aromatic rings. The zero-order valence-electron chi connectivity index (χ0n) is 11.0. The van der Waals surface area contributed by atoms with Crippen LogP contribution in [0.3, 0.4) is 0 Å². The van der Waals surface area contributed by atoms with Crippen molar-refractivity contribution < 1.29 is 5.11 Å². The van der Waals surface area contributed by atoms with Crippen LogP contribution >= 0.6 is 0 Å². The first-order chi connectivity index (χ1) is 9.88. The number of benzene rings is 2. The van der Waals surface area contributed by atoms with E-state index in [9.17, 15) is 0 Å². The van der Waals surface area contributed by atoms with E-state index in [0.29, 0.717) is 6.54 Å². The third-order valence-corrected chi connectivity index (χ3v) is 3.19. The molecule has 1 heterocycles. The summed E-state index contributed by atoms with van der Waals surface area (Å²) >= 11 is 0.